The van der Waals surface area contributed by atoms with Crippen molar-refractivity contribution in [2.75, 3.05) is 18.5 Å². The van der Waals surface area contributed by atoms with E-state index in [1.165, 1.54) is 12.8 Å². The van der Waals surface area contributed by atoms with Crippen LogP contribution in [0.3, 0.4) is 0 Å². The molecule has 0 amide bonds. The van der Waals surface area contributed by atoms with Gasteiger partial charge in [-0.15, -0.1) is 0 Å². The second-order valence-corrected chi connectivity index (χ2v) is 6.78. The van der Waals surface area contributed by atoms with Crippen LogP contribution in [-0.2, 0) is 4.74 Å². The monoisotopic (exact) mass is 329 g/mol. The minimum atomic E-state index is -0.0450. The molecule has 4 rings (SSSR count). The highest BCUT2D eigenvalue weighted by Crippen LogP contribution is 2.39. The maximum atomic E-state index is 5.50. The van der Waals surface area contributed by atoms with Gasteiger partial charge in [-0.1, -0.05) is 5.16 Å². The van der Waals surface area contributed by atoms with E-state index in [4.69, 9.17) is 14.2 Å². The first kappa shape index (κ1) is 15.5. The number of nitrogens with zero attached hydrogens (tertiary/aromatic N) is 4. The number of aromatic nitrogens is 4. The molecule has 2 aliphatic rings. The SMILES string of the molecule is Cc1cc(N[C@H](c2nc(C)no2)C2CCOCC2)nc(C2CC2)n1. The van der Waals surface area contributed by atoms with Crippen LogP contribution in [0.25, 0.3) is 0 Å². The van der Waals surface area contributed by atoms with Crippen molar-refractivity contribution in [1.29, 1.82) is 0 Å². The lowest BCUT2D eigenvalue weighted by molar-refractivity contribution is 0.0570. The van der Waals surface area contributed by atoms with Gasteiger partial charge in [0.15, 0.2) is 5.82 Å². The summed E-state index contributed by atoms with van der Waals surface area (Å²) in [6, 6.07) is 1.94. The van der Waals surface area contributed by atoms with E-state index >= 15 is 0 Å². The Balaban J connectivity index is 1.61. The van der Waals surface area contributed by atoms with Gasteiger partial charge in [-0.2, -0.15) is 4.98 Å². The summed E-state index contributed by atoms with van der Waals surface area (Å²) in [6.07, 6.45) is 4.32. The predicted molar refractivity (Wildman–Crippen MR) is 87.7 cm³/mol. The van der Waals surface area contributed by atoms with E-state index in [-0.39, 0.29) is 6.04 Å². The summed E-state index contributed by atoms with van der Waals surface area (Å²) in [4.78, 5) is 13.7. The molecule has 2 fully saturated rings. The third-order valence-electron chi connectivity index (χ3n) is 4.66. The van der Waals surface area contributed by atoms with Crippen LogP contribution in [0.2, 0.25) is 0 Å². The topological polar surface area (TPSA) is 86.0 Å². The molecule has 1 N–H and O–H groups in total. The van der Waals surface area contributed by atoms with Crippen LogP contribution in [0.15, 0.2) is 10.6 Å². The summed E-state index contributed by atoms with van der Waals surface area (Å²) in [6.45, 7) is 5.39. The van der Waals surface area contributed by atoms with Crippen LogP contribution in [0, 0.1) is 19.8 Å². The van der Waals surface area contributed by atoms with E-state index in [0.29, 0.717) is 23.6 Å². The van der Waals surface area contributed by atoms with Crippen LogP contribution in [-0.4, -0.2) is 33.3 Å². The normalized spacial score (nSPS) is 20.1. The lowest BCUT2D eigenvalue weighted by atomic mass is 9.91. The molecule has 7 nitrogen and oxygen atoms in total. The Kier molecular flexibility index (Phi) is 4.18. The first-order valence-electron chi connectivity index (χ1n) is 8.69. The fourth-order valence-corrected chi connectivity index (χ4v) is 3.22. The molecule has 1 saturated heterocycles. The molecule has 0 radical (unpaired) electrons. The molecule has 1 atom stereocenters. The maximum absolute atomic E-state index is 5.50. The van der Waals surface area contributed by atoms with E-state index in [9.17, 15) is 0 Å². The number of hydrogen-bond donors (Lipinski definition) is 1. The quantitative estimate of drug-likeness (QED) is 0.902. The van der Waals surface area contributed by atoms with Gasteiger partial charge in [0.2, 0.25) is 5.89 Å². The van der Waals surface area contributed by atoms with Gasteiger partial charge in [0.1, 0.15) is 17.7 Å². The second-order valence-electron chi connectivity index (χ2n) is 6.78. The van der Waals surface area contributed by atoms with Gasteiger partial charge < -0.3 is 14.6 Å². The van der Waals surface area contributed by atoms with Gasteiger partial charge in [0.25, 0.3) is 0 Å². The highest BCUT2D eigenvalue weighted by Gasteiger charge is 2.31. The lowest BCUT2D eigenvalue weighted by Gasteiger charge is -2.29. The molecular weight excluding hydrogens is 306 g/mol. The fourth-order valence-electron chi connectivity index (χ4n) is 3.22. The van der Waals surface area contributed by atoms with Crippen molar-refractivity contribution >= 4 is 5.82 Å². The van der Waals surface area contributed by atoms with Crippen molar-refractivity contribution in [3.05, 3.63) is 29.3 Å². The van der Waals surface area contributed by atoms with Crippen LogP contribution < -0.4 is 5.32 Å². The zero-order valence-electron chi connectivity index (χ0n) is 14.2. The third kappa shape index (κ3) is 3.40. The number of nitrogens with one attached hydrogen (secondary N) is 1. The number of aryl methyl sites for hydroxylation is 2. The Morgan fingerprint density at radius 3 is 2.54 bits per heavy atom. The van der Waals surface area contributed by atoms with Crippen LogP contribution >= 0.6 is 0 Å². The summed E-state index contributed by atoms with van der Waals surface area (Å²) in [5.74, 6) is 3.99. The van der Waals surface area contributed by atoms with Gasteiger partial charge in [0, 0.05) is 30.9 Å². The molecule has 7 heteroatoms. The molecule has 1 aliphatic carbocycles. The average molecular weight is 329 g/mol. The molecule has 2 aromatic rings. The molecule has 1 saturated carbocycles. The average Bonchev–Trinajstić information content (AvgIpc) is 3.35. The molecule has 0 bridgehead atoms. The minimum absolute atomic E-state index is 0.0450. The van der Waals surface area contributed by atoms with E-state index in [1.807, 2.05) is 19.9 Å². The Morgan fingerprint density at radius 2 is 1.88 bits per heavy atom. The predicted octanol–water partition coefficient (Wildman–Crippen LogP) is 2.93. The van der Waals surface area contributed by atoms with Gasteiger partial charge >= 0.3 is 0 Å². The Hall–Kier alpha value is -2.02. The Bertz CT molecular complexity index is 707. The summed E-state index contributed by atoms with van der Waals surface area (Å²) < 4.78 is 11.0. The van der Waals surface area contributed by atoms with Crippen LogP contribution in [0.1, 0.15) is 60.9 Å². The number of ether oxygens (including phenoxy) is 1. The number of anilines is 1. The summed E-state index contributed by atoms with van der Waals surface area (Å²) in [5.41, 5.74) is 0.988. The molecule has 2 aromatic heterocycles. The van der Waals surface area contributed by atoms with E-state index in [2.05, 4.69) is 20.4 Å². The van der Waals surface area contributed by atoms with Gasteiger partial charge in [0.05, 0.1) is 0 Å². The first-order valence-corrected chi connectivity index (χ1v) is 8.69. The van der Waals surface area contributed by atoms with Crippen molar-refractivity contribution in [3.63, 3.8) is 0 Å². The van der Waals surface area contributed by atoms with Crippen LogP contribution in [0.5, 0.6) is 0 Å². The van der Waals surface area contributed by atoms with E-state index in [0.717, 1.165) is 43.4 Å². The van der Waals surface area contributed by atoms with Crippen LogP contribution in [0.4, 0.5) is 5.82 Å². The standard InChI is InChI=1S/C17H23N5O2/c1-10-9-14(21-16(18-10)13-3-4-13)20-15(12-5-7-23-8-6-12)17-19-11(2)22-24-17/h9,12-13,15H,3-8H2,1-2H3,(H,18,20,21)/t15-/m0/s1. The molecule has 24 heavy (non-hydrogen) atoms. The highest BCUT2D eigenvalue weighted by atomic mass is 16.5. The summed E-state index contributed by atoms with van der Waals surface area (Å²) in [5, 5.41) is 7.50. The molecule has 0 aromatic carbocycles. The zero-order valence-corrected chi connectivity index (χ0v) is 14.2. The van der Waals surface area contributed by atoms with E-state index in [1.54, 1.807) is 0 Å². The largest absolute Gasteiger partial charge is 0.381 e. The molecule has 0 spiro atoms. The number of rotatable bonds is 5. The van der Waals surface area contributed by atoms with Gasteiger partial charge in [-0.25, -0.2) is 9.97 Å². The molecule has 3 heterocycles. The van der Waals surface area contributed by atoms with E-state index < -0.39 is 0 Å². The van der Waals surface area contributed by atoms with Gasteiger partial charge in [-0.05, 0) is 45.4 Å². The second kappa shape index (κ2) is 6.47. The van der Waals surface area contributed by atoms with Crippen molar-refractivity contribution in [3.8, 4) is 0 Å². The molecular formula is C17H23N5O2. The molecule has 1 aliphatic heterocycles. The smallest absolute Gasteiger partial charge is 0.249 e. The van der Waals surface area contributed by atoms with Crippen molar-refractivity contribution in [2.24, 2.45) is 5.92 Å². The summed E-state index contributed by atoms with van der Waals surface area (Å²) in [7, 11) is 0. The Labute approximate surface area is 141 Å². The lowest BCUT2D eigenvalue weighted by Crippen LogP contribution is -2.27. The van der Waals surface area contributed by atoms with Gasteiger partial charge in [-0.3, -0.25) is 0 Å². The number of hydrogen-bond acceptors (Lipinski definition) is 7. The molecule has 128 valence electrons. The summed E-state index contributed by atoms with van der Waals surface area (Å²) >= 11 is 0. The van der Waals surface area contributed by atoms with Crippen molar-refractivity contribution < 1.29 is 9.26 Å². The fraction of sp³-hybridized carbons (Fsp3) is 0.647. The first-order chi connectivity index (χ1) is 11.7. The highest BCUT2D eigenvalue weighted by molar-refractivity contribution is 5.39. The molecule has 0 unspecified atom stereocenters. The minimum Gasteiger partial charge on any atom is -0.381 e. The van der Waals surface area contributed by atoms with Crippen molar-refractivity contribution in [2.45, 2.75) is 51.5 Å². The third-order valence-corrected chi connectivity index (χ3v) is 4.66. The Morgan fingerprint density at radius 1 is 1.08 bits per heavy atom. The zero-order chi connectivity index (χ0) is 16.5. The van der Waals surface area contributed by atoms with Crippen molar-refractivity contribution in [1.82, 2.24) is 20.1 Å². The maximum Gasteiger partial charge on any atom is 0.249 e.